The minimum absolute atomic E-state index is 0.419. The molecule has 1 heterocycles. The molecule has 0 bridgehead atoms. The van der Waals surface area contributed by atoms with Crippen LogP contribution >= 0.6 is 0 Å². The van der Waals surface area contributed by atoms with Crippen molar-refractivity contribution in [3.05, 3.63) is 35.5 Å². The van der Waals surface area contributed by atoms with Crippen molar-refractivity contribution in [2.45, 2.75) is 32.9 Å². The average molecular weight is 260 g/mol. The molecule has 0 saturated heterocycles. The molecule has 1 atom stereocenters. The third-order valence-electron chi connectivity index (χ3n) is 3.93. The monoisotopic (exact) mass is 260 g/mol. The molecule has 0 aliphatic rings. The van der Waals surface area contributed by atoms with Gasteiger partial charge in [-0.05, 0) is 25.0 Å². The minimum atomic E-state index is 0.419. The molecule has 1 N–H and O–H groups in total. The van der Waals surface area contributed by atoms with Crippen molar-refractivity contribution >= 4 is 10.9 Å². The van der Waals surface area contributed by atoms with Gasteiger partial charge in [-0.1, -0.05) is 25.1 Å². The number of ether oxygens (including phenoxy) is 1. The zero-order valence-corrected chi connectivity index (χ0v) is 12.4. The third-order valence-corrected chi connectivity index (χ3v) is 3.93. The molecule has 3 heteroatoms. The van der Waals surface area contributed by atoms with Crippen LogP contribution < -0.4 is 5.32 Å². The maximum absolute atomic E-state index is 5.23. The molecule has 0 saturated carbocycles. The molecule has 19 heavy (non-hydrogen) atoms. The summed E-state index contributed by atoms with van der Waals surface area (Å²) in [5, 5.41) is 4.93. The topological polar surface area (TPSA) is 26.2 Å². The van der Waals surface area contributed by atoms with E-state index in [-0.39, 0.29) is 0 Å². The number of hydrogen-bond donors (Lipinski definition) is 1. The Labute approximate surface area is 115 Å². The van der Waals surface area contributed by atoms with Crippen LogP contribution in [0.15, 0.2) is 24.3 Å². The highest BCUT2D eigenvalue weighted by atomic mass is 16.5. The Hall–Kier alpha value is -1.32. The lowest BCUT2D eigenvalue weighted by Gasteiger charge is -2.16. The number of para-hydroxylation sites is 1. The second-order valence-electron chi connectivity index (χ2n) is 5.09. The van der Waals surface area contributed by atoms with E-state index in [9.17, 15) is 0 Å². The van der Waals surface area contributed by atoms with Gasteiger partial charge in [0.2, 0.25) is 0 Å². The molecule has 3 nitrogen and oxygen atoms in total. The molecule has 2 aromatic rings. The van der Waals surface area contributed by atoms with E-state index in [0.717, 1.165) is 19.6 Å². The molecular formula is C16H24N2O. The number of methoxy groups -OCH3 is 1. The predicted molar refractivity (Wildman–Crippen MR) is 80.5 cm³/mol. The maximum Gasteiger partial charge on any atom is 0.0615 e. The highest BCUT2D eigenvalue weighted by Gasteiger charge is 2.12. The number of hydrogen-bond acceptors (Lipinski definition) is 2. The van der Waals surface area contributed by atoms with Crippen LogP contribution in [0.2, 0.25) is 0 Å². The third kappa shape index (κ3) is 2.82. The first-order chi connectivity index (χ1) is 9.19. The van der Waals surface area contributed by atoms with Gasteiger partial charge in [0.1, 0.15) is 0 Å². The Balaban J connectivity index is 2.21. The van der Waals surface area contributed by atoms with E-state index in [0.29, 0.717) is 6.04 Å². The van der Waals surface area contributed by atoms with Crippen LogP contribution in [0.5, 0.6) is 0 Å². The van der Waals surface area contributed by atoms with Crippen LogP contribution in [0.3, 0.4) is 0 Å². The van der Waals surface area contributed by atoms with Gasteiger partial charge in [0.05, 0.1) is 6.61 Å². The zero-order chi connectivity index (χ0) is 13.8. The van der Waals surface area contributed by atoms with E-state index in [1.165, 1.54) is 22.2 Å². The maximum atomic E-state index is 5.23. The normalized spacial score (nSPS) is 13.1. The van der Waals surface area contributed by atoms with Crippen LogP contribution in [0.4, 0.5) is 0 Å². The van der Waals surface area contributed by atoms with Crippen molar-refractivity contribution in [3.8, 4) is 0 Å². The van der Waals surface area contributed by atoms with Gasteiger partial charge in [-0.25, -0.2) is 0 Å². The van der Waals surface area contributed by atoms with E-state index in [2.05, 4.69) is 55.0 Å². The fraction of sp³-hybridized carbons (Fsp3) is 0.500. The highest BCUT2D eigenvalue weighted by Crippen LogP contribution is 2.24. The SMILES string of the molecule is CCC(COC)NCc1c(C)c2ccccc2n1C. The first-order valence-electron chi connectivity index (χ1n) is 6.94. The summed E-state index contributed by atoms with van der Waals surface area (Å²) in [6.45, 7) is 6.04. The van der Waals surface area contributed by atoms with Gasteiger partial charge in [-0.15, -0.1) is 0 Å². The fourth-order valence-electron chi connectivity index (χ4n) is 2.65. The Kier molecular flexibility index (Phi) is 4.61. The van der Waals surface area contributed by atoms with E-state index in [1.807, 2.05) is 0 Å². The van der Waals surface area contributed by atoms with Gasteiger partial charge in [0.15, 0.2) is 0 Å². The highest BCUT2D eigenvalue weighted by molar-refractivity contribution is 5.85. The molecule has 1 aromatic heterocycles. The smallest absolute Gasteiger partial charge is 0.0615 e. The first-order valence-corrected chi connectivity index (χ1v) is 6.94. The number of rotatable bonds is 6. The van der Waals surface area contributed by atoms with Gasteiger partial charge in [0.25, 0.3) is 0 Å². The number of aromatic nitrogens is 1. The number of benzene rings is 1. The molecule has 104 valence electrons. The first kappa shape index (κ1) is 14.1. The summed E-state index contributed by atoms with van der Waals surface area (Å²) in [5.41, 5.74) is 4.03. The van der Waals surface area contributed by atoms with Crippen molar-refractivity contribution in [2.24, 2.45) is 7.05 Å². The van der Waals surface area contributed by atoms with Gasteiger partial charge in [-0.3, -0.25) is 0 Å². The van der Waals surface area contributed by atoms with Crippen molar-refractivity contribution in [1.29, 1.82) is 0 Å². The molecule has 0 aliphatic heterocycles. The minimum Gasteiger partial charge on any atom is -0.383 e. The van der Waals surface area contributed by atoms with Crippen LogP contribution in [-0.2, 0) is 18.3 Å². The standard InChI is InChI=1S/C16H24N2O/c1-5-13(11-19-4)17-10-16-12(2)14-8-6-7-9-15(14)18(16)3/h6-9,13,17H,5,10-11H2,1-4H3. The summed E-state index contributed by atoms with van der Waals surface area (Å²) < 4.78 is 7.52. The molecule has 0 fully saturated rings. The molecule has 0 spiro atoms. The van der Waals surface area contributed by atoms with Crippen LogP contribution in [0, 0.1) is 6.92 Å². The lowest BCUT2D eigenvalue weighted by molar-refractivity contribution is 0.163. The summed E-state index contributed by atoms with van der Waals surface area (Å²) in [7, 11) is 3.90. The van der Waals surface area contributed by atoms with E-state index in [1.54, 1.807) is 7.11 Å². The summed E-state index contributed by atoms with van der Waals surface area (Å²) in [4.78, 5) is 0. The summed E-state index contributed by atoms with van der Waals surface area (Å²) in [6.07, 6.45) is 1.08. The van der Waals surface area contributed by atoms with Crippen molar-refractivity contribution in [1.82, 2.24) is 9.88 Å². The van der Waals surface area contributed by atoms with E-state index in [4.69, 9.17) is 4.74 Å². The largest absolute Gasteiger partial charge is 0.383 e. The lowest BCUT2D eigenvalue weighted by atomic mass is 10.1. The number of nitrogens with one attached hydrogen (secondary N) is 1. The Morgan fingerprint density at radius 3 is 2.68 bits per heavy atom. The second kappa shape index (κ2) is 6.22. The van der Waals surface area contributed by atoms with Gasteiger partial charge in [0, 0.05) is 43.3 Å². The lowest BCUT2D eigenvalue weighted by Crippen LogP contribution is -2.32. The predicted octanol–water partition coefficient (Wildman–Crippen LogP) is 3.00. The molecule has 1 aromatic carbocycles. The second-order valence-corrected chi connectivity index (χ2v) is 5.09. The Bertz CT molecular complexity index is 506. The number of nitrogens with zero attached hydrogens (tertiary/aromatic N) is 1. The average Bonchev–Trinajstić information content (AvgIpc) is 2.68. The quantitative estimate of drug-likeness (QED) is 0.864. The van der Waals surface area contributed by atoms with E-state index < -0.39 is 0 Å². The van der Waals surface area contributed by atoms with Gasteiger partial charge >= 0.3 is 0 Å². The molecule has 1 unspecified atom stereocenters. The van der Waals surface area contributed by atoms with Crippen molar-refractivity contribution in [3.63, 3.8) is 0 Å². The van der Waals surface area contributed by atoms with Crippen molar-refractivity contribution < 1.29 is 4.74 Å². The summed E-state index contributed by atoms with van der Waals surface area (Å²) in [5.74, 6) is 0. The summed E-state index contributed by atoms with van der Waals surface area (Å²) >= 11 is 0. The Morgan fingerprint density at radius 1 is 1.32 bits per heavy atom. The molecule has 2 rings (SSSR count). The van der Waals surface area contributed by atoms with E-state index >= 15 is 0 Å². The van der Waals surface area contributed by atoms with Crippen LogP contribution in [0.25, 0.3) is 10.9 Å². The molecule has 0 amide bonds. The fourth-order valence-corrected chi connectivity index (χ4v) is 2.65. The van der Waals surface area contributed by atoms with Gasteiger partial charge in [-0.2, -0.15) is 0 Å². The van der Waals surface area contributed by atoms with Crippen LogP contribution in [0.1, 0.15) is 24.6 Å². The van der Waals surface area contributed by atoms with Crippen molar-refractivity contribution in [2.75, 3.05) is 13.7 Å². The zero-order valence-electron chi connectivity index (χ0n) is 12.4. The molecule has 0 aliphatic carbocycles. The summed E-state index contributed by atoms with van der Waals surface area (Å²) in [6, 6.07) is 8.99. The molecular weight excluding hydrogens is 236 g/mol. The molecule has 0 radical (unpaired) electrons. The Morgan fingerprint density at radius 2 is 2.05 bits per heavy atom. The van der Waals surface area contributed by atoms with Gasteiger partial charge < -0.3 is 14.6 Å². The number of aryl methyl sites for hydroxylation is 2. The van der Waals surface area contributed by atoms with Crippen LogP contribution in [-0.4, -0.2) is 24.3 Å². The number of fused-ring (bicyclic) bond motifs is 1.